The molecule has 2 aromatic carbocycles. The fraction of sp³-hybridized carbons (Fsp3) is 0.286. The van der Waals surface area contributed by atoms with Crippen LogP contribution in [0.4, 0.5) is 0 Å². The van der Waals surface area contributed by atoms with Gasteiger partial charge in [-0.25, -0.2) is 9.67 Å². The highest BCUT2D eigenvalue weighted by molar-refractivity contribution is 14.0. The zero-order valence-electron chi connectivity index (χ0n) is 16.2. The molecule has 28 heavy (non-hydrogen) atoms. The summed E-state index contributed by atoms with van der Waals surface area (Å²) in [7, 11) is 1.80. The van der Waals surface area contributed by atoms with Gasteiger partial charge >= 0.3 is 0 Å². The van der Waals surface area contributed by atoms with Gasteiger partial charge in [0.2, 0.25) is 0 Å². The summed E-state index contributed by atoms with van der Waals surface area (Å²) >= 11 is 0. The van der Waals surface area contributed by atoms with E-state index in [9.17, 15) is 0 Å². The van der Waals surface area contributed by atoms with Gasteiger partial charge in [-0.1, -0.05) is 61.5 Å². The van der Waals surface area contributed by atoms with Crippen LogP contribution in [0.1, 0.15) is 29.5 Å². The summed E-state index contributed by atoms with van der Waals surface area (Å²) in [5.74, 6) is 1.22. The van der Waals surface area contributed by atoms with Crippen molar-refractivity contribution < 1.29 is 0 Å². The van der Waals surface area contributed by atoms with Crippen molar-refractivity contribution in [1.29, 1.82) is 0 Å². The molecule has 7 heteroatoms. The molecule has 0 aliphatic heterocycles. The van der Waals surface area contributed by atoms with E-state index in [1.165, 1.54) is 16.7 Å². The van der Waals surface area contributed by atoms with Crippen LogP contribution in [0.3, 0.4) is 0 Å². The van der Waals surface area contributed by atoms with Crippen molar-refractivity contribution in [2.24, 2.45) is 4.99 Å². The predicted molar refractivity (Wildman–Crippen MR) is 124 cm³/mol. The fourth-order valence-electron chi connectivity index (χ4n) is 2.89. The highest BCUT2D eigenvalue weighted by atomic mass is 127. The molecule has 1 atom stereocenters. The maximum atomic E-state index is 4.32. The van der Waals surface area contributed by atoms with Crippen molar-refractivity contribution in [2.45, 2.75) is 25.9 Å². The largest absolute Gasteiger partial charge is 0.356 e. The zero-order valence-corrected chi connectivity index (χ0v) is 18.6. The van der Waals surface area contributed by atoms with Crippen LogP contribution in [0.15, 0.2) is 72.2 Å². The average Bonchev–Trinajstić information content (AvgIpc) is 3.22. The summed E-state index contributed by atoms with van der Waals surface area (Å²) < 4.78 is 1.82. The Bertz CT molecular complexity index is 848. The number of aliphatic imine (C=N–C) groups is 1. The second-order valence-electron chi connectivity index (χ2n) is 6.53. The van der Waals surface area contributed by atoms with Crippen LogP contribution in [0, 0.1) is 0 Å². The molecule has 0 fully saturated rings. The summed E-state index contributed by atoms with van der Waals surface area (Å²) in [4.78, 5) is 8.31. The van der Waals surface area contributed by atoms with Gasteiger partial charge in [0.25, 0.3) is 0 Å². The van der Waals surface area contributed by atoms with Gasteiger partial charge in [0.15, 0.2) is 5.96 Å². The minimum Gasteiger partial charge on any atom is -0.356 e. The van der Waals surface area contributed by atoms with Gasteiger partial charge in [0, 0.05) is 20.1 Å². The molecular weight excluding hydrogens is 463 g/mol. The Hall–Kier alpha value is -2.42. The molecule has 148 valence electrons. The second kappa shape index (κ2) is 11.4. The van der Waals surface area contributed by atoms with Crippen molar-refractivity contribution in [3.05, 3.63) is 83.9 Å². The molecule has 0 bridgehead atoms. The van der Waals surface area contributed by atoms with Gasteiger partial charge in [0.1, 0.15) is 12.7 Å². The van der Waals surface area contributed by atoms with E-state index >= 15 is 0 Å². The molecule has 0 aliphatic rings. The summed E-state index contributed by atoms with van der Waals surface area (Å²) in [6, 6.07) is 19.0. The first-order valence-electron chi connectivity index (χ1n) is 9.14. The molecule has 6 nitrogen and oxygen atoms in total. The van der Waals surface area contributed by atoms with Gasteiger partial charge in [-0.3, -0.25) is 4.99 Å². The molecule has 3 rings (SSSR count). The van der Waals surface area contributed by atoms with E-state index in [1.54, 1.807) is 19.7 Å². The number of hydrogen-bond donors (Lipinski definition) is 2. The van der Waals surface area contributed by atoms with Crippen LogP contribution in [0.2, 0.25) is 0 Å². The van der Waals surface area contributed by atoms with Crippen LogP contribution in [-0.4, -0.2) is 34.3 Å². The Balaban J connectivity index is 0.00000280. The number of aromatic nitrogens is 3. The Kier molecular flexibility index (Phi) is 8.93. The molecule has 3 aromatic rings. The summed E-state index contributed by atoms with van der Waals surface area (Å²) in [5, 5.41) is 10.9. The lowest BCUT2D eigenvalue weighted by atomic mass is 10.0. The molecule has 0 spiro atoms. The molecule has 0 saturated heterocycles. The van der Waals surface area contributed by atoms with E-state index in [4.69, 9.17) is 0 Å². The lowest BCUT2D eigenvalue weighted by Crippen LogP contribution is -2.38. The van der Waals surface area contributed by atoms with E-state index in [2.05, 4.69) is 81.2 Å². The molecular formula is C21H27IN6. The third-order valence-electron chi connectivity index (χ3n) is 4.43. The molecule has 2 N–H and O–H groups in total. The van der Waals surface area contributed by atoms with Crippen LogP contribution in [-0.2, 0) is 13.1 Å². The minimum atomic E-state index is 0. The normalized spacial score (nSPS) is 12.1. The molecule has 0 aliphatic carbocycles. The van der Waals surface area contributed by atoms with E-state index in [-0.39, 0.29) is 24.0 Å². The minimum absolute atomic E-state index is 0. The lowest BCUT2D eigenvalue weighted by Gasteiger charge is -2.16. The number of halogens is 1. The number of rotatable bonds is 7. The van der Waals surface area contributed by atoms with Gasteiger partial charge in [-0.2, -0.15) is 5.10 Å². The van der Waals surface area contributed by atoms with Crippen molar-refractivity contribution >= 4 is 29.9 Å². The highest BCUT2D eigenvalue weighted by Gasteiger charge is 2.06. The monoisotopic (exact) mass is 490 g/mol. The smallest absolute Gasteiger partial charge is 0.191 e. The molecule has 1 aromatic heterocycles. The molecule has 0 radical (unpaired) electrons. The Morgan fingerprint density at radius 2 is 1.86 bits per heavy atom. The second-order valence-corrected chi connectivity index (χ2v) is 6.53. The van der Waals surface area contributed by atoms with E-state index in [0.717, 1.165) is 19.0 Å². The molecule has 0 amide bonds. The summed E-state index contributed by atoms with van der Waals surface area (Å²) in [6.07, 6.45) is 3.28. The van der Waals surface area contributed by atoms with Crippen LogP contribution < -0.4 is 10.6 Å². The number of nitrogens with one attached hydrogen (secondary N) is 2. The quantitative estimate of drug-likeness (QED) is 0.303. The Labute approximate surface area is 183 Å². The topological polar surface area (TPSA) is 67.1 Å². The van der Waals surface area contributed by atoms with Crippen LogP contribution in [0.5, 0.6) is 0 Å². The number of hydrogen-bond acceptors (Lipinski definition) is 3. The van der Waals surface area contributed by atoms with Gasteiger partial charge < -0.3 is 10.6 Å². The average molecular weight is 490 g/mol. The van der Waals surface area contributed by atoms with Crippen molar-refractivity contribution in [3.8, 4) is 0 Å². The van der Waals surface area contributed by atoms with Crippen molar-refractivity contribution in [2.75, 3.05) is 13.6 Å². The summed E-state index contributed by atoms with van der Waals surface area (Å²) in [6.45, 7) is 4.47. The first kappa shape index (κ1) is 21.9. The highest BCUT2D eigenvalue weighted by Crippen LogP contribution is 2.13. The van der Waals surface area contributed by atoms with E-state index in [0.29, 0.717) is 12.5 Å². The third-order valence-corrected chi connectivity index (χ3v) is 4.43. The van der Waals surface area contributed by atoms with Gasteiger partial charge in [0.05, 0.1) is 6.54 Å². The SMILES string of the molecule is CN=C(NCc1cccc(Cn2cncn2)c1)NCC(C)c1ccccc1.I. The fourth-order valence-corrected chi connectivity index (χ4v) is 2.89. The lowest BCUT2D eigenvalue weighted by molar-refractivity contribution is 0.682. The number of guanidine groups is 1. The zero-order chi connectivity index (χ0) is 18.9. The number of benzene rings is 2. The number of nitrogens with zero attached hydrogens (tertiary/aromatic N) is 4. The van der Waals surface area contributed by atoms with Gasteiger partial charge in [-0.15, -0.1) is 24.0 Å². The summed E-state index contributed by atoms with van der Waals surface area (Å²) in [5.41, 5.74) is 3.72. The maximum Gasteiger partial charge on any atom is 0.191 e. The Morgan fingerprint density at radius 3 is 2.57 bits per heavy atom. The Morgan fingerprint density at radius 1 is 1.07 bits per heavy atom. The van der Waals surface area contributed by atoms with Gasteiger partial charge in [-0.05, 0) is 22.6 Å². The predicted octanol–water partition coefficient (Wildman–Crippen LogP) is 3.41. The van der Waals surface area contributed by atoms with Crippen molar-refractivity contribution in [3.63, 3.8) is 0 Å². The maximum absolute atomic E-state index is 4.32. The molecule has 1 heterocycles. The third kappa shape index (κ3) is 6.63. The first-order valence-corrected chi connectivity index (χ1v) is 9.14. The van der Waals surface area contributed by atoms with Crippen LogP contribution >= 0.6 is 24.0 Å². The van der Waals surface area contributed by atoms with E-state index < -0.39 is 0 Å². The molecule has 0 saturated carbocycles. The standard InChI is InChI=1S/C21H26N6.HI/c1-17(20-9-4-3-5-10-20)12-24-21(22-2)25-13-18-7-6-8-19(11-18)14-27-16-23-15-26-27;/h3-11,15-17H,12-14H2,1-2H3,(H2,22,24,25);1H. The van der Waals surface area contributed by atoms with E-state index in [1.807, 2.05) is 10.7 Å². The first-order chi connectivity index (χ1) is 13.2. The van der Waals surface area contributed by atoms with Crippen molar-refractivity contribution in [1.82, 2.24) is 25.4 Å². The van der Waals surface area contributed by atoms with Crippen LogP contribution in [0.25, 0.3) is 0 Å². The molecule has 1 unspecified atom stereocenters.